The van der Waals surface area contributed by atoms with E-state index >= 15 is 0 Å². The van der Waals surface area contributed by atoms with E-state index in [0.717, 1.165) is 55.3 Å². The van der Waals surface area contributed by atoms with Crippen LogP contribution >= 0.6 is 0 Å². The van der Waals surface area contributed by atoms with Gasteiger partial charge < -0.3 is 29.9 Å². The summed E-state index contributed by atoms with van der Waals surface area (Å²) in [6, 6.07) is 23.2. The maximum absolute atomic E-state index is 13.3. The molecule has 0 radical (unpaired) electrons. The molecule has 0 spiro atoms. The third-order valence-corrected chi connectivity index (χ3v) is 6.59. The number of nitrogens with zero attached hydrogens (tertiary/aromatic N) is 2. The molecule has 1 aliphatic rings. The summed E-state index contributed by atoms with van der Waals surface area (Å²) in [4.78, 5) is 30.4. The number of anilines is 3. The number of carbonyl (C=O) groups excluding carboxylic acids is 2. The summed E-state index contributed by atoms with van der Waals surface area (Å²) in [7, 11) is 3.33. The zero-order chi connectivity index (χ0) is 26.7. The number of nitrogens with one attached hydrogen (secondary N) is 2. The number of amides is 2. The molecular formula is C30H36N4O4. The lowest BCUT2D eigenvalue weighted by Gasteiger charge is -2.38. The Kier molecular flexibility index (Phi) is 9.59. The first kappa shape index (κ1) is 27.0. The molecule has 200 valence electrons. The fraction of sp³-hybridized carbons (Fsp3) is 0.333. The van der Waals surface area contributed by atoms with Crippen LogP contribution in [0.15, 0.2) is 72.8 Å². The number of hydrogen-bond donors (Lipinski definition) is 2. The Balaban J connectivity index is 1.49. The maximum Gasteiger partial charge on any atom is 0.253 e. The summed E-state index contributed by atoms with van der Waals surface area (Å²) in [5, 5.41) is 5.95. The molecule has 1 saturated heterocycles. The standard InChI is InChI=1S/C30H36N4O4/c1-37-20-8-15-31-30(36)25-22-24(32-29(35)21-23-9-4-3-5-10-23)13-14-26(25)33-16-18-34(19-17-33)27-11-6-7-12-28(27)38-2/h3-7,9-14,22H,8,15-21H2,1-2H3,(H,31,36)(H,32,35). The number of ether oxygens (including phenoxy) is 2. The van der Waals surface area contributed by atoms with Crippen LogP contribution in [0, 0.1) is 0 Å². The van der Waals surface area contributed by atoms with Gasteiger partial charge in [0.1, 0.15) is 5.75 Å². The smallest absolute Gasteiger partial charge is 0.253 e. The van der Waals surface area contributed by atoms with E-state index in [1.165, 1.54) is 0 Å². The van der Waals surface area contributed by atoms with Crippen LogP contribution in [0.4, 0.5) is 17.1 Å². The van der Waals surface area contributed by atoms with E-state index in [0.29, 0.717) is 24.4 Å². The maximum atomic E-state index is 13.3. The van der Waals surface area contributed by atoms with Gasteiger partial charge in [-0.25, -0.2) is 0 Å². The van der Waals surface area contributed by atoms with Gasteiger partial charge in [-0.2, -0.15) is 0 Å². The van der Waals surface area contributed by atoms with Crippen molar-refractivity contribution in [3.8, 4) is 5.75 Å². The van der Waals surface area contributed by atoms with E-state index in [1.807, 2.05) is 60.7 Å². The topological polar surface area (TPSA) is 83.1 Å². The molecule has 1 fully saturated rings. The first-order chi connectivity index (χ1) is 18.6. The molecule has 1 heterocycles. The fourth-order valence-electron chi connectivity index (χ4n) is 4.65. The normalized spacial score (nSPS) is 13.2. The average Bonchev–Trinajstić information content (AvgIpc) is 2.96. The molecule has 38 heavy (non-hydrogen) atoms. The first-order valence-corrected chi connectivity index (χ1v) is 13.0. The van der Waals surface area contributed by atoms with E-state index < -0.39 is 0 Å². The molecule has 8 nitrogen and oxygen atoms in total. The van der Waals surface area contributed by atoms with Gasteiger partial charge in [-0.3, -0.25) is 9.59 Å². The summed E-state index contributed by atoms with van der Waals surface area (Å²) >= 11 is 0. The predicted octanol–water partition coefficient (Wildman–Crippen LogP) is 3.97. The molecule has 0 aromatic heterocycles. The predicted molar refractivity (Wildman–Crippen MR) is 151 cm³/mol. The van der Waals surface area contributed by atoms with Crippen molar-refractivity contribution in [1.29, 1.82) is 0 Å². The molecule has 0 bridgehead atoms. The molecule has 3 aromatic carbocycles. The summed E-state index contributed by atoms with van der Waals surface area (Å²) in [5.41, 5.74) is 4.01. The molecule has 2 N–H and O–H groups in total. The first-order valence-electron chi connectivity index (χ1n) is 13.0. The van der Waals surface area contributed by atoms with Gasteiger partial charge in [-0.15, -0.1) is 0 Å². The van der Waals surface area contributed by atoms with Gasteiger partial charge in [0.25, 0.3) is 5.91 Å². The van der Waals surface area contributed by atoms with Gasteiger partial charge in [0, 0.05) is 57.8 Å². The second-order valence-electron chi connectivity index (χ2n) is 9.19. The number of carbonyl (C=O) groups is 2. The van der Waals surface area contributed by atoms with Crippen molar-refractivity contribution in [2.75, 3.05) is 68.7 Å². The van der Waals surface area contributed by atoms with E-state index in [1.54, 1.807) is 20.3 Å². The molecule has 0 atom stereocenters. The van der Waals surface area contributed by atoms with Crippen LogP contribution in [-0.4, -0.2) is 65.4 Å². The number of hydrogen-bond acceptors (Lipinski definition) is 6. The SMILES string of the molecule is COCCCNC(=O)c1cc(NC(=O)Cc2ccccc2)ccc1N1CCN(c2ccccc2OC)CC1. The third-order valence-electron chi connectivity index (χ3n) is 6.59. The Morgan fingerprint density at radius 2 is 1.53 bits per heavy atom. The minimum Gasteiger partial charge on any atom is -0.495 e. The van der Waals surface area contributed by atoms with Gasteiger partial charge in [-0.1, -0.05) is 42.5 Å². The average molecular weight is 517 g/mol. The zero-order valence-electron chi connectivity index (χ0n) is 22.1. The minimum absolute atomic E-state index is 0.124. The van der Waals surface area contributed by atoms with Crippen LogP contribution in [0.1, 0.15) is 22.3 Å². The molecule has 4 rings (SSSR count). The lowest BCUT2D eigenvalue weighted by Crippen LogP contribution is -2.47. The van der Waals surface area contributed by atoms with Crippen molar-refractivity contribution < 1.29 is 19.1 Å². The minimum atomic E-state index is -0.164. The molecule has 3 aromatic rings. The molecule has 2 amide bonds. The highest BCUT2D eigenvalue weighted by molar-refractivity contribution is 6.02. The highest BCUT2D eigenvalue weighted by atomic mass is 16.5. The largest absolute Gasteiger partial charge is 0.495 e. The Morgan fingerprint density at radius 1 is 0.842 bits per heavy atom. The Morgan fingerprint density at radius 3 is 2.24 bits per heavy atom. The molecule has 0 unspecified atom stereocenters. The summed E-state index contributed by atoms with van der Waals surface area (Å²) in [6.45, 7) is 4.19. The molecule has 0 saturated carbocycles. The van der Waals surface area contributed by atoms with Crippen LogP contribution in [0.5, 0.6) is 5.75 Å². The van der Waals surface area contributed by atoms with E-state index in [4.69, 9.17) is 9.47 Å². The number of piperazine rings is 1. The van der Waals surface area contributed by atoms with Crippen LogP contribution < -0.4 is 25.2 Å². The highest BCUT2D eigenvalue weighted by Gasteiger charge is 2.24. The van der Waals surface area contributed by atoms with Crippen molar-refractivity contribution in [3.05, 3.63) is 83.9 Å². The lowest BCUT2D eigenvalue weighted by atomic mass is 10.1. The number of rotatable bonds is 11. The van der Waals surface area contributed by atoms with Gasteiger partial charge >= 0.3 is 0 Å². The summed E-state index contributed by atoms with van der Waals surface area (Å²) in [6.07, 6.45) is 0.995. The summed E-state index contributed by atoms with van der Waals surface area (Å²) < 4.78 is 10.6. The second kappa shape index (κ2) is 13.5. The second-order valence-corrected chi connectivity index (χ2v) is 9.19. The van der Waals surface area contributed by atoms with Crippen molar-refractivity contribution in [1.82, 2.24) is 5.32 Å². The Bertz CT molecular complexity index is 1210. The van der Waals surface area contributed by atoms with Crippen LogP contribution in [-0.2, 0) is 16.0 Å². The zero-order valence-corrected chi connectivity index (χ0v) is 22.1. The Labute approximate surface area is 224 Å². The van der Waals surface area contributed by atoms with E-state index in [9.17, 15) is 9.59 Å². The number of para-hydroxylation sites is 2. The monoisotopic (exact) mass is 516 g/mol. The van der Waals surface area contributed by atoms with E-state index in [2.05, 4.69) is 26.5 Å². The van der Waals surface area contributed by atoms with Crippen molar-refractivity contribution in [2.45, 2.75) is 12.8 Å². The number of benzene rings is 3. The van der Waals surface area contributed by atoms with Crippen LogP contribution in [0.2, 0.25) is 0 Å². The number of methoxy groups -OCH3 is 2. The molecule has 1 aliphatic heterocycles. The van der Waals surface area contributed by atoms with E-state index in [-0.39, 0.29) is 18.2 Å². The summed E-state index contributed by atoms with van der Waals surface area (Å²) in [5.74, 6) is 0.566. The van der Waals surface area contributed by atoms with Crippen LogP contribution in [0.25, 0.3) is 0 Å². The molecule has 8 heteroatoms. The fourth-order valence-corrected chi connectivity index (χ4v) is 4.65. The van der Waals surface area contributed by atoms with Crippen LogP contribution in [0.3, 0.4) is 0 Å². The van der Waals surface area contributed by atoms with Crippen molar-refractivity contribution in [2.24, 2.45) is 0 Å². The van der Waals surface area contributed by atoms with Gasteiger partial charge in [0.15, 0.2) is 0 Å². The highest BCUT2D eigenvalue weighted by Crippen LogP contribution is 2.31. The van der Waals surface area contributed by atoms with Gasteiger partial charge in [0.05, 0.1) is 24.8 Å². The third kappa shape index (κ3) is 7.04. The van der Waals surface area contributed by atoms with Gasteiger partial charge in [0.2, 0.25) is 5.91 Å². The van der Waals surface area contributed by atoms with Gasteiger partial charge in [-0.05, 0) is 42.3 Å². The lowest BCUT2D eigenvalue weighted by molar-refractivity contribution is -0.115. The van der Waals surface area contributed by atoms with Crippen molar-refractivity contribution >= 4 is 28.9 Å². The quantitative estimate of drug-likeness (QED) is 0.376. The Hall–Kier alpha value is -4.04. The van der Waals surface area contributed by atoms with Crippen molar-refractivity contribution in [3.63, 3.8) is 0 Å². The molecule has 0 aliphatic carbocycles. The molecular weight excluding hydrogens is 480 g/mol.